The van der Waals surface area contributed by atoms with Crippen LogP contribution in [-0.2, 0) is 18.3 Å². The normalized spacial score (nSPS) is 29.5. The van der Waals surface area contributed by atoms with Crippen LogP contribution in [0.3, 0.4) is 0 Å². The molecule has 2 aromatic heterocycles. The van der Waals surface area contributed by atoms with Gasteiger partial charge in [-0.2, -0.15) is 0 Å². The van der Waals surface area contributed by atoms with Gasteiger partial charge in [0.2, 0.25) is 0 Å². The summed E-state index contributed by atoms with van der Waals surface area (Å²) in [6.45, 7) is 6.02. The summed E-state index contributed by atoms with van der Waals surface area (Å²) in [5.41, 5.74) is 1.17. The summed E-state index contributed by atoms with van der Waals surface area (Å²) in [7, 11) is -4.19. The van der Waals surface area contributed by atoms with E-state index in [1.54, 1.807) is 10.9 Å². The topological polar surface area (TPSA) is 132 Å². The van der Waals surface area contributed by atoms with Crippen LogP contribution in [0.5, 0.6) is 0 Å². The number of ether oxygens (including phenoxy) is 1. The number of imidazole rings is 1. The Balaban J connectivity index is 1.56. The molecule has 184 valence electrons. The minimum Gasteiger partial charge on any atom is -0.386 e. The van der Waals surface area contributed by atoms with E-state index in [0.29, 0.717) is 11.2 Å². The van der Waals surface area contributed by atoms with Gasteiger partial charge >= 0.3 is 7.82 Å². The van der Waals surface area contributed by atoms with Gasteiger partial charge in [-0.1, -0.05) is 46.0 Å². The van der Waals surface area contributed by atoms with E-state index in [9.17, 15) is 14.6 Å². The van der Waals surface area contributed by atoms with Crippen molar-refractivity contribution in [2.24, 2.45) is 0 Å². The molecule has 2 aliphatic heterocycles. The molecule has 0 spiro atoms. The number of aliphatic hydroxyl groups excluding tert-OH is 1. The van der Waals surface area contributed by atoms with E-state index in [1.165, 1.54) is 32.0 Å². The van der Waals surface area contributed by atoms with Gasteiger partial charge in [0.25, 0.3) is 0 Å². The summed E-state index contributed by atoms with van der Waals surface area (Å²) in [4.78, 5) is 25.4. The number of phosphoric acid groups is 1. The second kappa shape index (κ2) is 10.8. The van der Waals surface area contributed by atoms with Crippen LogP contribution >= 0.6 is 7.82 Å². The molecule has 2 saturated heterocycles. The zero-order valence-corrected chi connectivity index (χ0v) is 20.1. The van der Waals surface area contributed by atoms with Crippen molar-refractivity contribution >= 4 is 24.8 Å². The number of hydrogen-bond acceptors (Lipinski definition) is 9. The van der Waals surface area contributed by atoms with Crippen molar-refractivity contribution in [1.29, 1.82) is 0 Å². The van der Waals surface area contributed by atoms with Crippen molar-refractivity contribution in [2.75, 3.05) is 24.6 Å². The molecule has 0 bridgehead atoms. The lowest BCUT2D eigenvalue weighted by molar-refractivity contribution is -0.0664. The third-order valence-corrected chi connectivity index (χ3v) is 7.18. The fourth-order valence-corrected chi connectivity index (χ4v) is 5.37. The van der Waals surface area contributed by atoms with Crippen LogP contribution in [0.15, 0.2) is 12.7 Å². The Kier molecular flexibility index (Phi) is 7.99. The molecule has 2 N–H and O–H groups in total. The quantitative estimate of drug-likeness (QED) is 0.363. The molecular formula is C21H34N5O6P. The predicted molar refractivity (Wildman–Crippen MR) is 122 cm³/mol. The van der Waals surface area contributed by atoms with Crippen LogP contribution in [-0.4, -0.2) is 67.5 Å². The van der Waals surface area contributed by atoms with Crippen molar-refractivity contribution in [3.8, 4) is 0 Å². The predicted octanol–water partition coefficient (Wildman–Crippen LogP) is 3.18. The first kappa shape index (κ1) is 24.5. The van der Waals surface area contributed by atoms with Crippen LogP contribution in [0.4, 0.5) is 5.82 Å². The fourth-order valence-electron chi connectivity index (χ4n) is 4.40. The van der Waals surface area contributed by atoms with Crippen LogP contribution in [0.2, 0.25) is 0 Å². The highest BCUT2D eigenvalue weighted by atomic mass is 31.2. The van der Waals surface area contributed by atoms with Crippen LogP contribution in [0, 0.1) is 0 Å². The Morgan fingerprint density at radius 3 is 2.67 bits per heavy atom. The number of phosphoric ester groups is 1. The molecule has 5 atom stereocenters. The molecule has 4 heterocycles. The molecule has 4 rings (SSSR count). The van der Waals surface area contributed by atoms with Gasteiger partial charge < -0.3 is 19.6 Å². The number of anilines is 1. The number of hydrogen-bond donors (Lipinski definition) is 2. The minimum atomic E-state index is -4.19. The molecule has 2 aliphatic rings. The Bertz CT molecular complexity index is 974. The first-order valence-corrected chi connectivity index (χ1v) is 13.4. The average Bonchev–Trinajstić information content (AvgIpc) is 3.36. The largest absolute Gasteiger partial charge is 0.472 e. The minimum absolute atomic E-state index is 0.137. The maximum atomic E-state index is 11.8. The number of nitrogens with zero attached hydrogens (tertiary/aromatic N) is 5. The molecule has 33 heavy (non-hydrogen) atoms. The van der Waals surface area contributed by atoms with Gasteiger partial charge in [0.1, 0.15) is 24.6 Å². The Morgan fingerprint density at radius 1 is 1.12 bits per heavy atom. The highest BCUT2D eigenvalue weighted by Gasteiger charge is 2.52. The van der Waals surface area contributed by atoms with Crippen LogP contribution in [0.1, 0.15) is 65.0 Å². The molecular weight excluding hydrogens is 449 g/mol. The zero-order chi connectivity index (χ0) is 23.4. The van der Waals surface area contributed by atoms with E-state index < -0.39 is 32.4 Å². The molecule has 12 heteroatoms. The monoisotopic (exact) mass is 483 g/mol. The average molecular weight is 484 g/mol. The van der Waals surface area contributed by atoms with E-state index in [4.69, 9.17) is 13.8 Å². The molecule has 0 radical (unpaired) electrons. The summed E-state index contributed by atoms with van der Waals surface area (Å²) in [6, 6.07) is 0. The molecule has 2 fully saturated rings. The van der Waals surface area contributed by atoms with Crippen molar-refractivity contribution in [2.45, 2.75) is 83.3 Å². The lowest BCUT2D eigenvalue weighted by Crippen LogP contribution is -2.39. The SMILES string of the molecule is CCCCCCCN(CCCC)c1ncnc2c1ncn2[C@@H]1O[C@@H]2COP(=O)(O)O[C@H]2[C@H]1O. The van der Waals surface area contributed by atoms with Gasteiger partial charge in [-0.05, 0) is 12.8 Å². The van der Waals surface area contributed by atoms with Crippen molar-refractivity contribution in [3.63, 3.8) is 0 Å². The van der Waals surface area contributed by atoms with E-state index in [-0.39, 0.29) is 6.61 Å². The van der Waals surface area contributed by atoms with Crippen LogP contribution < -0.4 is 4.90 Å². The molecule has 0 saturated carbocycles. The van der Waals surface area contributed by atoms with E-state index in [2.05, 4.69) is 33.7 Å². The van der Waals surface area contributed by atoms with Crippen molar-refractivity contribution < 1.29 is 28.3 Å². The van der Waals surface area contributed by atoms with Gasteiger partial charge in [-0.15, -0.1) is 0 Å². The van der Waals surface area contributed by atoms with Gasteiger partial charge in [0.15, 0.2) is 23.2 Å². The molecule has 0 amide bonds. The molecule has 0 aromatic carbocycles. The Hall–Kier alpha value is -1.62. The first-order chi connectivity index (χ1) is 15.9. The fraction of sp³-hybridized carbons (Fsp3) is 0.762. The maximum absolute atomic E-state index is 11.8. The van der Waals surface area contributed by atoms with Gasteiger partial charge in [-0.25, -0.2) is 19.5 Å². The molecule has 0 aliphatic carbocycles. The summed E-state index contributed by atoms with van der Waals surface area (Å²) in [6.07, 6.45) is 7.48. The number of aromatic nitrogens is 4. The summed E-state index contributed by atoms with van der Waals surface area (Å²) < 4.78 is 29.2. The molecule has 11 nitrogen and oxygen atoms in total. The Labute approximate surface area is 193 Å². The highest BCUT2D eigenvalue weighted by Crippen LogP contribution is 2.52. The third kappa shape index (κ3) is 5.39. The van der Waals surface area contributed by atoms with Gasteiger partial charge in [-0.3, -0.25) is 13.6 Å². The summed E-state index contributed by atoms with van der Waals surface area (Å²) in [5, 5.41) is 10.8. The summed E-state index contributed by atoms with van der Waals surface area (Å²) in [5.74, 6) is 0.770. The van der Waals surface area contributed by atoms with Crippen molar-refractivity contribution in [1.82, 2.24) is 19.5 Å². The highest BCUT2D eigenvalue weighted by molar-refractivity contribution is 7.47. The number of rotatable bonds is 11. The second-order valence-electron chi connectivity index (χ2n) is 8.67. The van der Waals surface area contributed by atoms with E-state index in [1.807, 2.05) is 0 Å². The maximum Gasteiger partial charge on any atom is 0.472 e. The summed E-state index contributed by atoms with van der Waals surface area (Å²) >= 11 is 0. The van der Waals surface area contributed by atoms with Gasteiger partial charge in [0, 0.05) is 13.1 Å². The number of fused-ring (bicyclic) bond motifs is 2. The Morgan fingerprint density at radius 2 is 1.88 bits per heavy atom. The smallest absolute Gasteiger partial charge is 0.386 e. The lowest BCUT2D eigenvalue weighted by atomic mass is 10.1. The van der Waals surface area contributed by atoms with Gasteiger partial charge in [0.05, 0.1) is 12.9 Å². The number of aliphatic hydroxyl groups is 1. The molecule has 1 unspecified atom stereocenters. The second-order valence-corrected chi connectivity index (χ2v) is 10.1. The third-order valence-electron chi connectivity index (χ3n) is 6.19. The first-order valence-electron chi connectivity index (χ1n) is 11.9. The zero-order valence-electron chi connectivity index (χ0n) is 19.2. The molecule has 2 aromatic rings. The van der Waals surface area contributed by atoms with Crippen molar-refractivity contribution in [3.05, 3.63) is 12.7 Å². The van der Waals surface area contributed by atoms with E-state index >= 15 is 0 Å². The number of unbranched alkanes of at least 4 members (excludes halogenated alkanes) is 5. The van der Waals surface area contributed by atoms with Crippen LogP contribution in [0.25, 0.3) is 11.2 Å². The van der Waals surface area contributed by atoms with E-state index in [0.717, 1.165) is 38.2 Å². The lowest BCUT2D eigenvalue weighted by Gasteiger charge is -2.27. The standard InChI is InChI=1S/C21H34N5O6P/c1-3-5-7-8-9-11-25(10-6-4-2)19-16-20(23-13-22-19)26(14-24-16)21-17(27)18-15(31-21)12-30-33(28,29)32-18/h13-15,17-18,21,27H,3-12H2,1-2H3,(H,28,29)/t15-,17-,18-,21-/m1/s1.